The van der Waals surface area contributed by atoms with Crippen molar-refractivity contribution in [3.8, 4) is 11.8 Å². The van der Waals surface area contributed by atoms with E-state index in [9.17, 15) is 4.79 Å². The predicted octanol–water partition coefficient (Wildman–Crippen LogP) is 3.91. The first-order valence-electron chi connectivity index (χ1n) is 8.44. The third-order valence-electron chi connectivity index (χ3n) is 4.46. The summed E-state index contributed by atoms with van der Waals surface area (Å²) in [6.45, 7) is 1.54. The Morgan fingerprint density at radius 2 is 1.78 bits per heavy atom. The molecule has 1 N–H and O–H groups in total. The van der Waals surface area contributed by atoms with Crippen molar-refractivity contribution < 1.29 is 9.53 Å². The normalized spacial score (nSPS) is 12.5. The second kappa shape index (κ2) is 7.71. The number of nitrogens with one attached hydrogen (secondary N) is 1. The van der Waals surface area contributed by atoms with Crippen molar-refractivity contribution >= 4 is 11.5 Å². The molecule has 0 bridgehead atoms. The monoisotopic (exact) mass is 357 g/mol. The number of carbonyl (C=O) groups excluding carboxylic acids is 1. The molecule has 3 rings (SSSR count). The number of ether oxygens (including phenoxy) is 1. The highest BCUT2D eigenvalue weighted by Crippen LogP contribution is 2.36. The molecule has 2 aromatic carbocycles. The SMILES string of the molecule is COc1cncc(C(Nc2ccccc2)(C(C)=O)c2ccc(C#N)cc2)c1. The summed E-state index contributed by atoms with van der Waals surface area (Å²) in [5, 5.41) is 12.5. The van der Waals surface area contributed by atoms with Crippen LogP contribution < -0.4 is 10.1 Å². The number of nitrogens with zero attached hydrogens (tertiary/aromatic N) is 2. The van der Waals surface area contributed by atoms with E-state index < -0.39 is 5.54 Å². The molecule has 0 aliphatic heterocycles. The van der Waals surface area contributed by atoms with E-state index in [0.29, 0.717) is 22.4 Å². The summed E-state index contributed by atoms with van der Waals surface area (Å²) < 4.78 is 5.31. The smallest absolute Gasteiger partial charge is 0.164 e. The molecule has 0 aliphatic rings. The molecule has 3 aromatic rings. The van der Waals surface area contributed by atoms with E-state index in [4.69, 9.17) is 10.00 Å². The molecular weight excluding hydrogens is 338 g/mol. The highest BCUT2D eigenvalue weighted by atomic mass is 16.5. The molecular formula is C22H19N3O2. The topological polar surface area (TPSA) is 75.0 Å². The maximum absolute atomic E-state index is 13.0. The standard InChI is InChI=1S/C22H19N3O2/c1-16(26)22(25-20-6-4-3-5-7-20,18-10-8-17(13-23)9-11-18)19-12-21(27-2)15-24-14-19/h3-12,14-15,25H,1-2H3. The molecule has 1 atom stereocenters. The Bertz CT molecular complexity index is 978. The maximum atomic E-state index is 13.0. The quantitative estimate of drug-likeness (QED) is 0.724. The van der Waals surface area contributed by atoms with Gasteiger partial charge in [-0.2, -0.15) is 5.26 Å². The van der Waals surface area contributed by atoms with E-state index in [1.54, 1.807) is 49.8 Å². The van der Waals surface area contributed by atoms with Crippen LogP contribution in [0, 0.1) is 11.3 Å². The molecule has 1 aromatic heterocycles. The summed E-state index contributed by atoms with van der Waals surface area (Å²) in [7, 11) is 1.56. The fraction of sp³-hybridized carbons (Fsp3) is 0.136. The first kappa shape index (κ1) is 18.2. The van der Waals surface area contributed by atoms with E-state index in [1.165, 1.54) is 6.92 Å². The summed E-state index contributed by atoms with van der Waals surface area (Å²) in [6.07, 6.45) is 3.24. The van der Waals surface area contributed by atoms with Gasteiger partial charge in [-0.25, -0.2) is 0 Å². The summed E-state index contributed by atoms with van der Waals surface area (Å²) in [5.74, 6) is 0.452. The Hall–Kier alpha value is -3.65. The van der Waals surface area contributed by atoms with E-state index in [-0.39, 0.29) is 5.78 Å². The largest absolute Gasteiger partial charge is 0.495 e. The minimum absolute atomic E-state index is 0.105. The molecule has 0 aliphatic carbocycles. The van der Waals surface area contributed by atoms with Crippen molar-refractivity contribution in [1.82, 2.24) is 4.98 Å². The number of aromatic nitrogens is 1. The molecule has 0 spiro atoms. The van der Waals surface area contributed by atoms with E-state index in [1.807, 2.05) is 30.3 Å². The highest BCUT2D eigenvalue weighted by molar-refractivity contribution is 5.94. The van der Waals surface area contributed by atoms with Gasteiger partial charge >= 0.3 is 0 Å². The van der Waals surface area contributed by atoms with Crippen LogP contribution in [0.3, 0.4) is 0 Å². The highest BCUT2D eigenvalue weighted by Gasteiger charge is 2.40. The molecule has 0 saturated carbocycles. The van der Waals surface area contributed by atoms with Gasteiger partial charge in [0, 0.05) is 17.4 Å². The van der Waals surface area contributed by atoms with Gasteiger partial charge in [0.2, 0.25) is 0 Å². The Kier molecular flexibility index (Phi) is 5.18. The zero-order valence-electron chi connectivity index (χ0n) is 15.1. The van der Waals surface area contributed by atoms with Gasteiger partial charge in [-0.05, 0) is 42.8 Å². The van der Waals surface area contributed by atoms with Crippen LogP contribution in [0.25, 0.3) is 0 Å². The van der Waals surface area contributed by atoms with E-state index in [2.05, 4.69) is 16.4 Å². The summed E-state index contributed by atoms with van der Waals surface area (Å²) in [5.41, 5.74) is 1.52. The van der Waals surface area contributed by atoms with Crippen LogP contribution in [0.1, 0.15) is 23.6 Å². The lowest BCUT2D eigenvalue weighted by molar-refractivity contribution is -0.120. The molecule has 0 radical (unpaired) electrons. The fourth-order valence-electron chi connectivity index (χ4n) is 3.07. The number of para-hydroxylation sites is 1. The van der Waals surface area contributed by atoms with Crippen LogP contribution in [0.15, 0.2) is 73.1 Å². The predicted molar refractivity (Wildman–Crippen MR) is 103 cm³/mol. The summed E-state index contributed by atoms with van der Waals surface area (Å²) in [6, 6.07) is 20.4. The Morgan fingerprint density at radius 3 is 2.37 bits per heavy atom. The van der Waals surface area contributed by atoms with Crippen molar-refractivity contribution in [2.24, 2.45) is 0 Å². The Balaban J connectivity index is 2.24. The lowest BCUT2D eigenvalue weighted by Gasteiger charge is -2.34. The summed E-state index contributed by atoms with van der Waals surface area (Å²) >= 11 is 0. The first-order valence-corrected chi connectivity index (χ1v) is 8.44. The molecule has 0 fully saturated rings. The van der Waals surface area contributed by atoms with E-state index >= 15 is 0 Å². The van der Waals surface area contributed by atoms with Crippen LogP contribution in [0.2, 0.25) is 0 Å². The van der Waals surface area contributed by atoms with Gasteiger partial charge in [0.1, 0.15) is 11.3 Å². The van der Waals surface area contributed by atoms with Crippen LogP contribution in [0.5, 0.6) is 5.75 Å². The maximum Gasteiger partial charge on any atom is 0.164 e. The number of rotatable bonds is 6. The number of Topliss-reactive ketones (excluding diaryl/α,β-unsaturated/α-hetero) is 1. The van der Waals surface area contributed by atoms with Gasteiger partial charge in [0.15, 0.2) is 5.78 Å². The van der Waals surface area contributed by atoms with Crippen molar-refractivity contribution in [2.45, 2.75) is 12.5 Å². The molecule has 5 nitrogen and oxygen atoms in total. The molecule has 0 amide bonds. The molecule has 5 heteroatoms. The molecule has 0 saturated heterocycles. The van der Waals surface area contributed by atoms with E-state index in [0.717, 1.165) is 5.69 Å². The Morgan fingerprint density at radius 1 is 1.07 bits per heavy atom. The number of anilines is 1. The fourth-order valence-corrected chi connectivity index (χ4v) is 3.07. The first-order chi connectivity index (χ1) is 13.1. The number of carbonyl (C=O) groups is 1. The Labute approximate surface area is 158 Å². The van der Waals surface area contributed by atoms with Crippen molar-refractivity contribution in [3.05, 3.63) is 89.7 Å². The zero-order valence-corrected chi connectivity index (χ0v) is 15.1. The van der Waals surface area contributed by atoms with Gasteiger partial charge in [0.25, 0.3) is 0 Å². The average Bonchev–Trinajstić information content (AvgIpc) is 2.72. The number of benzene rings is 2. The zero-order chi connectivity index (χ0) is 19.3. The van der Waals surface area contributed by atoms with Crippen molar-refractivity contribution in [3.63, 3.8) is 0 Å². The van der Waals surface area contributed by atoms with Crippen molar-refractivity contribution in [2.75, 3.05) is 12.4 Å². The second-order valence-corrected chi connectivity index (χ2v) is 6.10. The van der Waals surface area contributed by atoms with Crippen molar-refractivity contribution in [1.29, 1.82) is 5.26 Å². The van der Waals surface area contributed by atoms with Gasteiger partial charge in [-0.3, -0.25) is 9.78 Å². The minimum atomic E-state index is -1.17. The molecule has 134 valence electrons. The van der Waals surface area contributed by atoms with Gasteiger partial charge < -0.3 is 10.1 Å². The van der Waals surface area contributed by atoms with Crippen LogP contribution in [0.4, 0.5) is 5.69 Å². The molecule has 1 unspecified atom stereocenters. The van der Waals surface area contributed by atoms with Gasteiger partial charge in [-0.15, -0.1) is 0 Å². The van der Waals surface area contributed by atoms with Crippen LogP contribution >= 0.6 is 0 Å². The number of ketones is 1. The number of hydrogen-bond donors (Lipinski definition) is 1. The minimum Gasteiger partial charge on any atom is -0.495 e. The second-order valence-electron chi connectivity index (χ2n) is 6.10. The van der Waals surface area contributed by atoms with Gasteiger partial charge in [-0.1, -0.05) is 30.3 Å². The third kappa shape index (κ3) is 3.51. The number of hydrogen-bond acceptors (Lipinski definition) is 5. The van der Waals surface area contributed by atoms with Crippen LogP contribution in [-0.4, -0.2) is 17.9 Å². The van der Waals surface area contributed by atoms with Crippen LogP contribution in [-0.2, 0) is 10.3 Å². The van der Waals surface area contributed by atoms with Gasteiger partial charge in [0.05, 0.1) is 24.9 Å². The number of nitriles is 1. The summed E-state index contributed by atoms with van der Waals surface area (Å²) in [4.78, 5) is 17.3. The lowest BCUT2D eigenvalue weighted by Crippen LogP contribution is -2.43. The lowest BCUT2D eigenvalue weighted by atomic mass is 9.79. The molecule has 27 heavy (non-hydrogen) atoms. The average molecular weight is 357 g/mol. The molecule has 1 heterocycles. The third-order valence-corrected chi connectivity index (χ3v) is 4.46. The number of methoxy groups -OCH3 is 1. The number of pyridine rings is 1.